The third kappa shape index (κ3) is 3.54. The minimum Gasteiger partial charge on any atom is -0.309 e. The molecule has 0 fully saturated rings. The highest BCUT2D eigenvalue weighted by atomic mass is 15.0. The number of nitrogens with zero attached hydrogens (tertiary/aromatic N) is 2. The molecule has 0 atom stereocenters. The summed E-state index contributed by atoms with van der Waals surface area (Å²) >= 11 is 0. The molecule has 242 valence electrons. The Morgan fingerprint density at radius 3 is 1.98 bits per heavy atom. The van der Waals surface area contributed by atoms with Gasteiger partial charge in [0.1, 0.15) is 0 Å². The van der Waals surface area contributed by atoms with Crippen LogP contribution in [0.3, 0.4) is 0 Å². The summed E-state index contributed by atoms with van der Waals surface area (Å²) in [5.74, 6) is 0. The Balaban J connectivity index is 1.21. The lowest BCUT2D eigenvalue weighted by Gasteiger charge is -2.25. The van der Waals surface area contributed by atoms with Crippen LogP contribution in [-0.4, -0.2) is 9.13 Å². The average Bonchev–Trinajstić information content (AvgIpc) is 3.79. The predicted octanol–water partition coefficient (Wildman–Crippen LogP) is 12.7. The van der Waals surface area contributed by atoms with Crippen molar-refractivity contribution in [3.8, 4) is 11.4 Å². The van der Waals surface area contributed by atoms with Crippen molar-refractivity contribution in [1.82, 2.24) is 9.13 Å². The van der Waals surface area contributed by atoms with Crippen LogP contribution in [0.4, 0.5) is 0 Å². The van der Waals surface area contributed by atoms with Gasteiger partial charge in [-0.15, -0.1) is 0 Å². The summed E-state index contributed by atoms with van der Waals surface area (Å²) in [6, 6.07) is 37.2. The van der Waals surface area contributed by atoms with Gasteiger partial charge in [-0.3, -0.25) is 0 Å². The molecular formula is C48H40N2. The number of rotatable bonds is 2. The third-order valence-electron chi connectivity index (χ3n) is 12.7. The number of benzene rings is 5. The number of aromatic nitrogens is 2. The summed E-state index contributed by atoms with van der Waals surface area (Å²) in [6.07, 6.45) is 14.0. The highest BCUT2D eigenvalue weighted by Crippen LogP contribution is 2.54. The van der Waals surface area contributed by atoms with E-state index < -0.39 is 0 Å². The zero-order chi connectivity index (χ0) is 33.5. The molecule has 0 saturated carbocycles. The molecule has 5 aromatic carbocycles. The lowest BCUT2D eigenvalue weighted by molar-refractivity contribution is 0.608. The second kappa shape index (κ2) is 9.67. The minimum absolute atomic E-state index is 0.0141. The molecule has 0 bridgehead atoms. The monoisotopic (exact) mass is 644 g/mol. The van der Waals surface area contributed by atoms with E-state index in [-0.39, 0.29) is 10.8 Å². The maximum absolute atomic E-state index is 2.53. The van der Waals surface area contributed by atoms with Crippen LogP contribution in [0, 0.1) is 0 Å². The summed E-state index contributed by atoms with van der Waals surface area (Å²) in [5.41, 5.74) is 19.4. The Kier molecular flexibility index (Phi) is 5.51. The molecule has 2 nitrogen and oxygen atoms in total. The number of para-hydroxylation sites is 2. The Bertz CT molecular complexity index is 2780. The molecule has 50 heavy (non-hydrogen) atoms. The number of hydrogen-bond acceptors (Lipinski definition) is 0. The predicted molar refractivity (Wildman–Crippen MR) is 212 cm³/mol. The first-order valence-corrected chi connectivity index (χ1v) is 18.4. The number of hydrogen-bond donors (Lipinski definition) is 0. The van der Waals surface area contributed by atoms with E-state index in [1.54, 1.807) is 5.57 Å². The first kappa shape index (κ1) is 28.5. The average molecular weight is 645 g/mol. The van der Waals surface area contributed by atoms with E-state index in [1.165, 1.54) is 94.0 Å². The normalized spacial score (nSPS) is 18.5. The van der Waals surface area contributed by atoms with Crippen LogP contribution in [-0.2, 0) is 10.8 Å². The van der Waals surface area contributed by atoms with E-state index in [0.29, 0.717) is 0 Å². The third-order valence-corrected chi connectivity index (χ3v) is 12.7. The van der Waals surface area contributed by atoms with E-state index in [0.717, 1.165) is 25.7 Å². The number of allylic oxidation sites excluding steroid dienone is 8. The highest BCUT2D eigenvalue weighted by molar-refractivity contribution is 6.14. The van der Waals surface area contributed by atoms with Crippen molar-refractivity contribution in [3.05, 3.63) is 155 Å². The summed E-state index contributed by atoms with van der Waals surface area (Å²) in [6.45, 7) is 9.68. The zero-order valence-corrected chi connectivity index (χ0v) is 29.3. The van der Waals surface area contributed by atoms with Crippen molar-refractivity contribution < 1.29 is 0 Å². The van der Waals surface area contributed by atoms with Crippen LogP contribution in [0.25, 0.3) is 66.1 Å². The zero-order valence-electron chi connectivity index (χ0n) is 29.3. The standard InChI is InChI=1S/C48H40N2/c1-47(2)39-19-11-8-16-31(39)34-25-37-33-18-10-13-21-43(33)50(45(37)27-41(34)47)30-22-23-44-36(24-30)38-26-35-32-17-9-12-20-40(32)48(3,4)42(35)28-46(38)49(44)29-14-6-5-7-15-29/h5-8,10,12-16,18,20-28H,9,11,17,19H2,1-4H3. The van der Waals surface area contributed by atoms with Crippen molar-refractivity contribution in [2.75, 3.05) is 0 Å². The summed E-state index contributed by atoms with van der Waals surface area (Å²) in [5, 5.41) is 5.28. The SMILES string of the molecule is CC1(C)C2=C(CCC=C2)c2cc3c4cc(-n5c6ccccc6c6cc7c(cc65)C(C)(C)C5=C7C=CCC5)ccc4n(-c4ccccc4)c3cc21. The van der Waals surface area contributed by atoms with Crippen LogP contribution in [0.15, 0.2) is 133 Å². The van der Waals surface area contributed by atoms with Crippen LogP contribution < -0.4 is 0 Å². The second-order valence-electron chi connectivity index (χ2n) is 16.0. The summed E-state index contributed by atoms with van der Waals surface area (Å²) in [7, 11) is 0. The van der Waals surface area contributed by atoms with E-state index in [1.807, 2.05) is 0 Å². The van der Waals surface area contributed by atoms with Crippen LogP contribution in [0.1, 0.15) is 75.6 Å². The van der Waals surface area contributed by atoms with Crippen molar-refractivity contribution in [3.63, 3.8) is 0 Å². The molecule has 0 radical (unpaired) electrons. The van der Waals surface area contributed by atoms with E-state index in [2.05, 4.69) is 158 Å². The van der Waals surface area contributed by atoms with Crippen LogP contribution in [0.5, 0.6) is 0 Å². The Morgan fingerprint density at radius 2 is 1.14 bits per heavy atom. The lowest BCUT2D eigenvalue weighted by Crippen LogP contribution is -2.17. The fourth-order valence-corrected chi connectivity index (χ4v) is 10.3. The molecule has 0 saturated heterocycles. The molecule has 2 heteroatoms. The number of fused-ring (bicyclic) bond motifs is 10. The van der Waals surface area contributed by atoms with Gasteiger partial charge in [-0.25, -0.2) is 0 Å². The summed E-state index contributed by atoms with van der Waals surface area (Å²) in [4.78, 5) is 0. The molecule has 4 aliphatic carbocycles. The molecular weight excluding hydrogens is 605 g/mol. The molecule has 4 aliphatic rings. The first-order chi connectivity index (χ1) is 24.3. The van der Waals surface area contributed by atoms with Gasteiger partial charge in [0.15, 0.2) is 0 Å². The fraction of sp³-hybridized carbons (Fsp3) is 0.208. The summed E-state index contributed by atoms with van der Waals surface area (Å²) < 4.78 is 5.02. The molecule has 0 spiro atoms. The minimum atomic E-state index is -0.0141. The van der Waals surface area contributed by atoms with Crippen molar-refractivity contribution in [2.45, 2.75) is 64.2 Å². The first-order valence-electron chi connectivity index (χ1n) is 18.4. The van der Waals surface area contributed by atoms with Gasteiger partial charge < -0.3 is 9.13 Å². The van der Waals surface area contributed by atoms with Gasteiger partial charge in [-0.2, -0.15) is 0 Å². The van der Waals surface area contributed by atoms with Crippen molar-refractivity contribution in [1.29, 1.82) is 0 Å². The second-order valence-corrected chi connectivity index (χ2v) is 16.0. The van der Waals surface area contributed by atoms with Gasteiger partial charge in [-0.1, -0.05) is 94.0 Å². The Morgan fingerprint density at radius 1 is 0.500 bits per heavy atom. The Labute approximate surface area is 293 Å². The lowest BCUT2D eigenvalue weighted by atomic mass is 9.78. The van der Waals surface area contributed by atoms with Gasteiger partial charge in [-0.05, 0) is 125 Å². The van der Waals surface area contributed by atoms with Gasteiger partial charge in [0.25, 0.3) is 0 Å². The highest BCUT2D eigenvalue weighted by Gasteiger charge is 2.39. The van der Waals surface area contributed by atoms with E-state index in [4.69, 9.17) is 0 Å². The fourth-order valence-electron chi connectivity index (χ4n) is 10.3. The molecule has 11 rings (SSSR count). The molecule has 0 N–H and O–H groups in total. The maximum atomic E-state index is 2.53. The van der Waals surface area contributed by atoms with Gasteiger partial charge in [0, 0.05) is 43.7 Å². The molecule has 2 heterocycles. The van der Waals surface area contributed by atoms with Crippen molar-refractivity contribution >= 4 is 54.8 Å². The van der Waals surface area contributed by atoms with Gasteiger partial charge in [0.2, 0.25) is 0 Å². The quantitative estimate of drug-likeness (QED) is 0.177. The van der Waals surface area contributed by atoms with E-state index in [9.17, 15) is 0 Å². The molecule has 7 aromatic rings. The molecule has 0 amide bonds. The van der Waals surface area contributed by atoms with Crippen LogP contribution >= 0.6 is 0 Å². The topological polar surface area (TPSA) is 9.86 Å². The smallest absolute Gasteiger partial charge is 0.0544 e. The molecule has 0 aliphatic heterocycles. The largest absolute Gasteiger partial charge is 0.309 e. The Hall–Kier alpha value is -5.34. The molecule has 0 unspecified atom stereocenters. The van der Waals surface area contributed by atoms with Crippen LogP contribution in [0.2, 0.25) is 0 Å². The van der Waals surface area contributed by atoms with Gasteiger partial charge >= 0.3 is 0 Å². The van der Waals surface area contributed by atoms with Gasteiger partial charge in [0.05, 0.1) is 22.1 Å². The van der Waals surface area contributed by atoms with Crippen molar-refractivity contribution in [2.24, 2.45) is 0 Å². The molecule has 2 aromatic heterocycles. The maximum Gasteiger partial charge on any atom is 0.0544 e. The van der Waals surface area contributed by atoms with E-state index >= 15 is 0 Å².